The van der Waals surface area contributed by atoms with Crippen molar-refractivity contribution in [3.05, 3.63) is 47.2 Å². The van der Waals surface area contributed by atoms with Gasteiger partial charge in [0.2, 0.25) is 0 Å². The van der Waals surface area contributed by atoms with Gasteiger partial charge in [-0.15, -0.1) is 0 Å². The van der Waals surface area contributed by atoms with Crippen LogP contribution in [-0.2, 0) is 38.0 Å². The highest BCUT2D eigenvalue weighted by molar-refractivity contribution is 5.78. The zero-order chi connectivity index (χ0) is 44.6. The van der Waals surface area contributed by atoms with Gasteiger partial charge < -0.3 is 37.9 Å². The minimum absolute atomic E-state index is 0.0861. The molecule has 0 radical (unpaired) electrons. The average molecular weight is 868 g/mol. The number of epoxide rings is 2. The third-order valence-electron chi connectivity index (χ3n) is 13.9. The van der Waals surface area contributed by atoms with Crippen LogP contribution in [0.25, 0.3) is 6.08 Å². The van der Waals surface area contributed by atoms with E-state index < -0.39 is 42.3 Å². The van der Waals surface area contributed by atoms with Crippen LogP contribution in [0, 0.1) is 24.7 Å². The molecule has 2 bridgehead atoms. The molecule has 1 aromatic heterocycles. The van der Waals surface area contributed by atoms with Crippen molar-refractivity contribution in [2.24, 2.45) is 17.8 Å². The van der Waals surface area contributed by atoms with Gasteiger partial charge in [0, 0.05) is 32.8 Å². The van der Waals surface area contributed by atoms with Gasteiger partial charge in [-0.2, -0.15) is 0 Å². The van der Waals surface area contributed by atoms with E-state index in [4.69, 9.17) is 32.8 Å². The molecular weight excluding hydrogens is 787 g/mol. The van der Waals surface area contributed by atoms with Crippen molar-refractivity contribution in [1.29, 1.82) is 0 Å². The summed E-state index contributed by atoms with van der Waals surface area (Å²) in [5.41, 5.74) is 2.03. The molecule has 4 aliphatic rings. The SMILES string of the molecule is CCCCCCCCCCCCCCCC(O)OC1CC(C(C)C(OC)C(C)=CC=CC(C)=Cc2coc(C)n2)OC(=O)C2OC2CC2CC(=O)OC(C2)C(C)CCC2OC12C. The summed E-state index contributed by atoms with van der Waals surface area (Å²) in [7, 11) is 1.68. The highest BCUT2D eigenvalue weighted by atomic mass is 16.7. The number of fused-ring (bicyclic) bond motifs is 4. The van der Waals surface area contributed by atoms with Gasteiger partial charge in [0.15, 0.2) is 18.3 Å². The second-order valence-electron chi connectivity index (χ2n) is 19.3. The lowest BCUT2D eigenvalue weighted by Crippen LogP contribution is -2.44. The van der Waals surface area contributed by atoms with E-state index >= 15 is 0 Å². The summed E-state index contributed by atoms with van der Waals surface area (Å²) in [6.45, 7) is 14.3. The summed E-state index contributed by atoms with van der Waals surface area (Å²) in [6.07, 6.45) is 26.2. The molecule has 5 heterocycles. The Labute approximate surface area is 373 Å². The quantitative estimate of drug-likeness (QED) is 0.0369. The van der Waals surface area contributed by atoms with Crippen LogP contribution in [0.5, 0.6) is 0 Å². The number of nitrogens with zero attached hydrogens (tertiary/aromatic N) is 1. The molecule has 1 aromatic rings. The molecule has 12 unspecified atom stereocenters. The predicted molar refractivity (Wildman–Crippen MR) is 241 cm³/mol. The van der Waals surface area contributed by atoms with E-state index in [2.05, 4.69) is 18.8 Å². The highest BCUT2D eigenvalue weighted by Gasteiger charge is 2.60. The maximum absolute atomic E-state index is 13.9. The number of aryl methyl sites for hydroxylation is 1. The number of carbonyl (C=O) groups is 2. The maximum atomic E-state index is 13.9. The number of hydrogen-bond donors (Lipinski definition) is 1. The van der Waals surface area contributed by atoms with Crippen LogP contribution in [0.4, 0.5) is 0 Å². The first-order valence-corrected chi connectivity index (χ1v) is 24.4. The number of rotatable bonds is 23. The van der Waals surface area contributed by atoms with Crippen LogP contribution in [-0.4, -0.2) is 83.8 Å². The summed E-state index contributed by atoms with van der Waals surface area (Å²) in [4.78, 5) is 31.0. The fourth-order valence-electron chi connectivity index (χ4n) is 9.80. The Morgan fingerprint density at radius 3 is 2.26 bits per heavy atom. The molecule has 0 aromatic carbocycles. The standard InChI is InChI=1S/C51H81NO10/c1-9-10-11-12-13-14-15-16-17-18-19-20-21-25-46(53)61-45-32-42(37(5)48(56-8)36(4)24-22-23-34(2)28-40-33-57-38(6)52-40)60-50(55)49-43(59-49)30-39-29-41(58-47(54)31-39)35(3)26-27-44-51(45,7)62-44/h22-24,28,33,35,37,39,41-46,48-49,53H,9-21,25-27,29-32H2,1-8H3. The largest absolute Gasteiger partial charge is 0.462 e. The lowest BCUT2D eigenvalue weighted by Gasteiger charge is -2.35. The van der Waals surface area contributed by atoms with Crippen LogP contribution >= 0.6 is 0 Å². The third-order valence-corrected chi connectivity index (χ3v) is 13.9. The van der Waals surface area contributed by atoms with Gasteiger partial charge in [-0.25, -0.2) is 9.78 Å². The first-order valence-electron chi connectivity index (χ1n) is 24.4. The molecule has 5 rings (SSSR count). The number of cyclic esters (lactones) is 1. The molecule has 4 fully saturated rings. The van der Waals surface area contributed by atoms with Gasteiger partial charge in [-0.3, -0.25) is 4.79 Å². The molecular formula is C51H81NO10. The van der Waals surface area contributed by atoms with Crippen molar-refractivity contribution in [2.45, 2.75) is 232 Å². The van der Waals surface area contributed by atoms with E-state index in [0.717, 1.165) is 55.4 Å². The van der Waals surface area contributed by atoms with Crippen molar-refractivity contribution >= 4 is 18.0 Å². The molecule has 62 heavy (non-hydrogen) atoms. The molecule has 0 aliphatic carbocycles. The number of hydrogen-bond acceptors (Lipinski definition) is 11. The lowest BCUT2D eigenvalue weighted by atomic mass is 9.82. The van der Waals surface area contributed by atoms with E-state index in [1.165, 1.54) is 64.2 Å². The zero-order valence-corrected chi connectivity index (χ0v) is 39.4. The van der Waals surface area contributed by atoms with Crippen molar-refractivity contribution in [3.8, 4) is 0 Å². The lowest BCUT2D eigenvalue weighted by molar-refractivity contribution is -0.179. The average Bonchev–Trinajstić information content (AvgIpc) is 4.11. The number of aliphatic hydroxyl groups excluding tert-OH is 1. The van der Waals surface area contributed by atoms with Gasteiger partial charge in [0.1, 0.15) is 29.8 Å². The molecule has 4 aliphatic heterocycles. The van der Waals surface area contributed by atoms with Crippen LogP contribution in [0.3, 0.4) is 0 Å². The molecule has 4 saturated heterocycles. The number of aromatic nitrogens is 1. The van der Waals surface area contributed by atoms with Crippen molar-refractivity contribution in [2.75, 3.05) is 7.11 Å². The van der Waals surface area contributed by atoms with Crippen LogP contribution in [0.2, 0.25) is 0 Å². The van der Waals surface area contributed by atoms with Crippen LogP contribution < -0.4 is 0 Å². The molecule has 350 valence electrons. The summed E-state index contributed by atoms with van der Waals surface area (Å²) >= 11 is 0. The Kier molecular flexibility index (Phi) is 20.2. The van der Waals surface area contributed by atoms with Gasteiger partial charge in [-0.05, 0) is 88.4 Å². The normalized spacial score (nSPS) is 31.2. The Morgan fingerprint density at radius 1 is 0.952 bits per heavy atom. The molecule has 0 spiro atoms. The van der Waals surface area contributed by atoms with Gasteiger partial charge in [0.25, 0.3) is 0 Å². The monoisotopic (exact) mass is 868 g/mol. The number of esters is 2. The van der Waals surface area contributed by atoms with Crippen molar-refractivity contribution < 1.29 is 47.5 Å². The number of allylic oxidation sites excluding steroid dienone is 4. The third kappa shape index (κ3) is 15.7. The predicted octanol–water partition coefficient (Wildman–Crippen LogP) is 11.1. The molecule has 12 atom stereocenters. The summed E-state index contributed by atoms with van der Waals surface area (Å²) < 4.78 is 42.8. The number of methoxy groups -OCH3 is 1. The number of ether oxygens (including phenoxy) is 6. The fraction of sp³-hybridized carbons (Fsp3) is 0.784. The highest BCUT2D eigenvalue weighted by Crippen LogP contribution is 2.48. The summed E-state index contributed by atoms with van der Waals surface area (Å²) in [5.74, 6) is -0.0541. The van der Waals surface area contributed by atoms with Gasteiger partial charge in [-0.1, -0.05) is 116 Å². The summed E-state index contributed by atoms with van der Waals surface area (Å²) in [5, 5.41) is 11.4. The van der Waals surface area contributed by atoms with Gasteiger partial charge >= 0.3 is 11.9 Å². The Morgan fingerprint density at radius 2 is 1.61 bits per heavy atom. The Hall–Kier alpha value is -2.83. The second kappa shape index (κ2) is 25.0. The first-order chi connectivity index (χ1) is 29.8. The number of carbonyl (C=O) groups excluding carboxylic acids is 2. The number of oxazole rings is 1. The summed E-state index contributed by atoms with van der Waals surface area (Å²) in [6, 6.07) is 0. The van der Waals surface area contributed by atoms with Crippen molar-refractivity contribution in [3.63, 3.8) is 0 Å². The van der Waals surface area contributed by atoms with Crippen LogP contribution in [0.15, 0.2) is 40.1 Å². The van der Waals surface area contributed by atoms with Crippen molar-refractivity contribution in [1.82, 2.24) is 4.98 Å². The fourth-order valence-corrected chi connectivity index (χ4v) is 9.80. The van der Waals surface area contributed by atoms with E-state index in [9.17, 15) is 14.7 Å². The molecule has 11 heteroatoms. The first kappa shape index (κ1) is 50.2. The van der Waals surface area contributed by atoms with E-state index in [1.807, 2.05) is 58.9 Å². The Bertz CT molecular complexity index is 1620. The van der Waals surface area contributed by atoms with E-state index in [-0.39, 0.29) is 42.0 Å². The smallest absolute Gasteiger partial charge is 0.338 e. The topological polar surface area (TPSA) is 142 Å². The minimum Gasteiger partial charge on any atom is -0.462 e. The van der Waals surface area contributed by atoms with Gasteiger partial charge in [0.05, 0.1) is 24.4 Å². The maximum Gasteiger partial charge on any atom is 0.338 e. The second-order valence-corrected chi connectivity index (χ2v) is 19.3. The zero-order valence-electron chi connectivity index (χ0n) is 39.4. The molecule has 1 N–H and O–H groups in total. The minimum atomic E-state index is -0.984. The Balaban J connectivity index is 1.26. The number of unbranched alkanes of at least 4 members (excludes halogenated alkanes) is 12. The molecule has 0 amide bonds. The van der Waals surface area contributed by atoms with Crippen LogP contribution in [0.1, 0.15) is 182 Å². The number of aliphatic hydroxyl groups is 1. The molecule has 11 nitrogen and oxygen atoms in total. The van der Waals surface area contributed by atoms with E-state index in [1.54, 1.807) is 13.4 Å². The van der Waals surface area contributed by atoms with E-state index in [0.29, 0.717) is 31.6 Å². The molecule has 0 saturated carbocycles.